The molecule has 0 N–H and O–H groups in total. The number of carbonyl (C=O) groups excluding carboxylic acids is 2. The van der Waals surface area contributed by atoms with Gasteiger partial charge < -0.3 is 14.2 Å². The molecule has 3 fully saturated rings. The number of ether oxygens (including phenoxy) is 3. The minimum atomic E-state index is -0.716. The topological polar surface area (TPSA) is 77.5 Å². The summed E-state index contributed by atoms with van der Waals surface area (Å²) in [5, 5.41) is 1.79. The van der Waals surface area contributed by atoms with E-state index in [1.165, 1.54) is 0 Å². The summed E-state index contributed by atoms with van der Waals surface area (Å²) in [6.45, 7) is 5.26. The highest BCUT2D eigenvalue weighted by atomic mass is 16.8. The molecule has 0 aromatic heterocycles. The first kappa shape index (κ1) is 18.4. The molecule has 0 radical (unpaired) electrons. The van der Waals surface area contributed by atoms with Gasteiger partial charge in [-0.3, -0.25) is 9.63 Å². The molecule has 8 heteroatoms. The van der Waals surface area contributed by atoms with Crippen LogP contribution in [0, 0.1) is 5.92 Å². The maximum Gasteiger partial charge on any atom is 0.416 e. The van der Waals surface area contributed by atoms with Gasteiger partial charge in [0.25, 0.3) is 0 Å². The van der Waals surface area contributed by atoms with Gasteiger partial charge in [0, 0.05) is 6.54 Å². The van der Waals surface area contributed by atoms with Gasteiger partial charge in [-0.05, 0) is 19.4 Å². The van der Waals surface area contributed by atoms with E-state index < -0.39 is 17.8 Å². The molecule has 1 aromatic carbocycles. The average Bonchev–Trinajstić information content (AvgIpc) is 3.34. The molecule has 146 valence electrons. The maximum absolute atomic E-state index is 13.0. The number of nitrogens with zero attached hydrogens (tertiary/aromatic N) is 2. The second kappa shape index (κ2) is 7.20. The number of carbonyl (C=O) groups is 2. The Labute approximate surface area is 157 Å². The number of rotatable bonds is 4. The highest BCUT2D eigenvalue weighted by Gasteiger charge is 2.51. The minimum Gasteiger partial charge on any atom is -0.447 e. The zero-order chi connectivity index (χ0) is 19.0. The number of benzene rings is 1. The van der Waals surface area contributed by atoms with Crippen molar-refractivity contribution < 1.29 is 28.6 Å². The summed E-state index contributed by atoms with van der Waals surface area (Å²) < 4.78 is 16.7. The molecule has 8 nitrogen and oxygen atoms in total. The van der Waals surface area contributed by atoms with Gasteiger partial charge in [0.2, 0.25) is 5.91 Å². The Morgan fingerprint density at radius 3 is 2.63 bits per heavy atom. The van der Waals surface area contributed by atoms with Gasteiger partial charge in [0.1, 0.15) is 12.7 Å². The minimum absolute atomic E-state index is 0.195. The molecule has 3 saturated heterocycles. The molecule has 3 heterocycles. The first-order valence-corrected chi connectivity index (χ1v) is 9.18. The van der Waals surface area contributed by atoms with Crippen LogP contribution in [0.3, 0.4) is 0 Å². The van der Waals surface area contributed by atoms with Gasteiger partial charge in [-0.2, -0.15) is 5.06 Å². The summed E-state index contributed by atoms with van der Waals surface area (Å²) in [6.07, 6.45) is -0.928. The van der Waals surface area contributed by atoms with Crippen molar-refractivity contribution in [1.29, 1.82) is 0 Å². The SMILES string of the molecule is CC1(C)OC[C@H]([C@@H]2[C@@H](C(=O)N3CCOC3=O)CON2Cc2ccccc2)O1. The largest absolute Gasteiger partial charge is 0.447 e. The summed E-state index contributed by atoms with van der Waals surface area (Å²) in [5.74, 6) is -1.53. The van der Waals surface area contributed by atoms with E-state index in [0.717, 1.165) is 10.5 Å². The van der Waals surface area contributed by atoms with Crippen molar-refractivity contribution in [3.63, 3.8) is 0 Å². The fraction of sp³-hybridized carbons (Fsp3) is 0.579. The summed E-state index contributed by atoms with van der Waals surface area (Å²) in [5.41, 5.74) is 1.06. The fourth-order valence-corrected chi connectivity index (χ4v) is 3.82. The maximum atomic E-state index is 13.0. The molecule has 0 unspecified atom stereocenters. The van der Waals surface area contributed by atoms with Crippen molar-refractivity contribution >= 4 is 12.0 Å². The molecule has 3 atom stereocenters. The summed E-state index contributed by atoms with van der Waals surface area (Å²) in [7, 11) is 0. The average molecular weight is 376 g/mol. The Hall–Kier alpha value is -2.00. The first-order chi connectivity index (χ1) is 12.9. The van der Waals surface area contributed by atoms with Crippen LogP contribution in [-0.2, 0) is 30.4 Å². The fourth-order valence-electron chi connectivity index (χ4n) is 3.82. The van der Waals surface area contributed by atoms with Crippen LogP contribution in [0.2, 0.25) is 0 Å². The number of hydrogen-bond acceptors (Lipinski definition) is 7. The number of amides is 2. The third-order valence-corrected chi connectivity index (χ3v) is 5.10. The lowest BCUT2D eigenvalue weighted by Gasteiger charge is -2.30. The van der Waals surface area contributed by atoms with Crippen LogP contribution in [-0.4, -0.2) is 66.3 Å². The van der Waals surface area contributed by atoms with E-state index in [9.17, 15) is 9.59 Å². The predicted octanol–water partition coefficient (Wildman–Crippen LogP) is 1.55. The summed E-state index contributed by atoms with van der Waals surface area (Å²) >= 11 is 0. The Balaban J connectivity index is 1.56. The van der Waals surface area contributed by atoms with Crippen molar-refractivity contribution in [3.05, 3.63) is 35.9 Å². The molecule has 0 spiro atoms. The summed E-state index contributed by atoms with van der Waals surface area (Å²) in [6, 6.07) is 9.52. The van der Waals surface area contributed by atoms with Gasteiger partial charge in [-0.25, -0.2) is 9.69 Å². The van der Waals surface area contributed by atoms with Crippen molar-refractivity contribution in [3.8, 4) is 0 Å². The van der Waals surface area contributed by atoms with Gasteiger partial charge in [-0.15, -0.1) is 0 Å². The van der Waals surface area contributed by atoms with E-state index in [0.29, 0.717) is 13.2 Å². The molecule has 3 aliphatic heterocycles. The van der Waals surface area contributed by atoms with Gasteiger partial charge >= 0.3 is 6.09 Å². The summed E-state index contributed by atoms with van der Waals surface area (Å²) in [4.78, 5) is 31.9. The number of hydroxylamine groups is 2. The van der Waals surface area contributed by atoms with E-state index in [2.05, 4.69) is 0 Å². The second-order valence-corrected chi connectivity index (χ2v) is 7.43. The molecule has 0 aliphatic carbocycles. The molecule has 1 aromatic rings. The lowest BCUT2D eigenvalue weighted by molar-refractivity contribution is -0.182. The van der Waals surface area contributed by atoms with Gasteiger partial charge in [0.05, 0.1) is 31.7 Å². The molecule has 0 bridgehead atoms. The van der Waals surface area contributed by atoms with E-state index in [-0.39, 0.29) is 37.8 Å². The van der Waals surface area contributed by atoms with E-state index in [4.69, 9.17) is 19.0 Å². The smallest absolute Gasteiger partial charge is 0.416 e. The van der Waals surface area contributed by atoms with Gasteiger partial charge in [0.15, 0.2) is 5.79 Å². The highest BCUT2D eigenvalue weighted by Crippen LogP contribution is 2.35. The molecule has 0 saturated carbocycles. The molecule has 2 amide bonds. The molecular formula is C19H24N2O6. The van der Waals surface area contributed by atoms with Crippen molar-refractivity contribution in [2.24, 2.45) is 5.92 Å². The third kappa shape index (κ3) is 3.70. The van der Waals surface area contributed by atoms with Gasteiger partial charge in [-0.1, -0.05) is 30.3 Å². The van der Waals surface area contributed by atoms with Crippen LogP contribution < -0.4 is 0 Å². The van der Waals surface area contributed by atoms with Crippen LogP contribution in [0.5, 0.6) is 0 Å². The van der Waals surface area contributed by atoms with Crippen LogP contribution >= 0.6 is 0 Å². The highest BCUT2D eigenvalue weighted by molar-refractivity contribution is 5.94. The van der Waals surface area contributed by atoms with Crippen LogP contribution in [0.15, 0.2) is 30.3 Å². The normalized spacial score (nSPS) is 30.7. The number of hydrogen-bond donors (Lipinski definition) is 0. The van der Waals surface area contributed by atoms with Crippen LogP contribution in [0.25, 0.3) is 0 Å². The standard InChI is InChI=1S/C19H24N2O6/c1-19(2)25-12-15(27-19)16-14(17(22)20-8-9-24-18(20)23)11-26-21(16)10-13-6-4-3-5-7-13/h3-7,14-16H,8-12H2,1-2H3/t14-,15+,16-/m0/s1. The first-order valence-electron chi connectivity index (χ1n) is 9.18. The molecule has 27 heavy (non-hydrogen) atoms. The van der Waals surface area contributed by atoms with E-state index >= 15 is 0 Å². The molecule has 3 aliphatic rings. The Morgan fingerprint density at radius 1 is 1.22 bits per heavy atom. The Kier molecular flexibility index (Phi) is 4.90. The lowest BCUT2D eigenvalue weighted by Crippen LogP contribution is -2.49. The third-order valence-electron chi connectivity index (χ3n) is 5.10. The quantitative estimate of drug-likeness (QED) is 0.789. The molecular weight excluding hydrogens is 352 g/mol. The Bertz CT molecular complexity index is 709. The van der Waals surface area contributed by atoms with Crippen LogP contribution in [0.4, 0.5) is 4.79 Å². The van der Waals surface area contributed by atoms with Crippen molar-refractivity contribution in [1.82, 2.24) is 9.96 Å². The number of cyclic esters (lactones) is 1. The Morgan fingerprint density at radius 2 is 2.00 bits per heavy atom. The zero-order valence-electron chi connectivity index (χ0n) is 15.5. The van der Waals surface area contributed by atoms with Crippen LogP contribution in [0.1, 0.15) is 19.4 Å². The lowest BCUT2D eigenvalue weighted by atomic mass is 9.94. The second-order valence-electron chi connectivity index (χ2n) is 7.43. The zero-order valence-corrected chi connectivity index (χ0v) is 15.5. The molecule has 4 rings (SSSR count). The van der Waals surface area contributed by atoms with Crippen molar-refractivity contribution in [2.75, 3.05) is 26.4 Å². The van der Waals surface area contributed by atoms with E-state index in [1.54, 1.807) is 5.06 Å². The van der Waals surface area contributed by atoms with Crippen molar-refractivity contribution in [2.45, 2.75) is 38.3 Å². The number of imide groups is 1. The van der Waals surface area contributed by atoms with E-state index in [1.807, 2.05) is 44.2 Å². The predicted molar refractivity (Wildman–Crippen MR) is 93.2 cm³/mol. The monoisotopic (exact) mass is 376 g/mol.